The number of methoxy groups -OCH3 is 1. The highest BCUT2D eigenvalue weighted by molar-refractivity contribution is 5.81. The van der Waals surface area contributed by atoms with Gasteiger partial charge in [-0.3, -0.25) is 4.79 Å². The topological polar surface area (TPSA) is 44.8 Å². The normalized spacial score (nSPS) is 14.3. The molecule has 0 bridgehead atoms. The lowest BCUT2D eigenvalue weighted by Crippen LogP contribution is -2.50. The average Bonchev–Trinajstić information content (AvgIpc) is 2.67. The molecule has 5 nitrogen and oxygen atoms in total. The summed E-state index contributed by atoms with van der Waals surface area (Å²) in [5, 5.41) is 2.57. The van der Waals surface area contributed by atoms with E-state index in [9.17, 15) is 13.6 Å². The molecule has 0 atom stereocenters. The van der Waals surface area contributed by atoms with E-state index in [2.05, 4.69) is 10.2 Å². The van der Waals surface area contributed by atoms with Gasteiger partial charge in [0.25, 0.3) is 0 Å². The molecule has 26 heavy (non-hydrogen) atoms. The Kier molecular flexibility index (Phi) is 5.55. The van der Waals surface area contributed by atoms with Gasteiger partial charge in [-0.25, -0.2) is 8.78 Å². The van der Waals surface area contributed by atoms with Crippen molar-refractivity contribution in [2.45, 2.75) is 0 Å². The second-order valence-electron chi connectivity index (χ2n) is 6.02. The standard InChI is InChI=1S/C19H21F2N3O2/c1-26-15-7-5-14(6-8-15)23-9-11-24(12-10-23)18(25)13-22-19-16(20)3-2-4-17(19)21/h2-8,22H,9-13H2,1H3. The van der Waals surface area contributed by atoms with Crippen LogP contribution in [0.3, 0.4) is 0 Å². The fraction of sp³-hybridized carbons (Fsp3) is 0.316. The number of ether oxygens (including phenoxy) is 1. The lowest BCUT2D eigenvalue weighted by Gasteiger charge is -2.36. The summed E-state index contributed by atoms with van der Waals surface area (Å²) >= 11 is 0. The third-order valence-corrected chi connectivity index (χ3v) is 4.45. The molecule has 0 saturated carbocycles. The zero-order valence-electron chi connectivity index (χ0n) is 14.5. The zero-order valence-corrected chi connectivity index (χ0v) is 14.5. The van der Waals surface area contributed by atoms with Crippen LogP contribution in [0.2, 0.25) is 0 Å². The lowest BCUT2D eigenvalue weighted by atomic mass is 10.2. The maximum absolute atomic E-state index is 13.6. The van der Waals surface area contributed by atoms with Gasteiger partial charge in [0.2, 0.25) is 5.91 Å². The molecule has 0 aliphatic carbocycles. The first kappa shape index (κ1) is 18.0. The third kappa shape index (κ3) is 4.04. The first-order valence-corrected chi connectivity index (χ1v) is 8.43. The highest BCUT2D eigenvalue weighted by atomic mass is 19.1. The van der Waals surface area contributed by atoms with Crippen molar-refractivity contribution in [1.29, 1.82) is 0 Å². The van der Waals surface area contributed by atoms with E-state index < -0.39 is 11.6 Å². The smallest absolute Gasteiger partial charge is 0.241 e. The molecule has 0 spiro atoms. The summed E-state index contributed by atoms with van der Waals surface area (Å²) in [4.78, 5) is 16.2. The number of nitrogens with one attached hydrogen (secondary N) is 1. The summed E-state index contributed by atoms with van der Waals surface area (Å²) in [6.45, 7) is 2.39. The maximum atomic E-state index is 13.6. The number of nitrogens with zero attached hydrogens (tertiary/aromatic N) is 2. The van der Waals surface area contributed by atoms with Crippen LogP contribution in [0.15, 0.2) is 42.5 Å². The Hall–Kier alpha value is -2.83. The molecule has 1 aliphatic heterocycles. The van der Waals surface area contributed by atoms with Crippen molar-refractivity contribution in [3.63, 3.8) is 0 Å². The molecule has 0 aromatic heterocycles. The van der Waals surface area contributed by atoms with Crippen LogP contribution in [0.5, 0.6) is 5.75 Å². The Labute approximate surface area is 151 Å². The van der Waals surface area contributed by atoms with Gasteiger partial charge < -0.3 is 19.9 Å². The number of hydrogen-bond donors (Lipinski definition) is 1. The predicted octanol–water partition coefficient (Wildman–Crippen LogP) is 2.73. The summed E-state index contributed by atoms with van der Waals surface area (Å²) in [7, 11) is 1.63. The van der Waals surface area contributed by atoms with Gasteiger partial charge in [-0.15, -0.1) is 0 Å². The number of amides is 1. The Morgan fingerprint density at radius 2 is 1.65 bits per heavy atom. The minimum absolute atomic E-state index is 0.139. The van der Waals surface area contributed by atoms with Crippen LogP contribution in [-0.2, 0) is 4.79 Å². The second-order valence-corrected chi connectivity index (χ2v) is 6.02. The zero-order chi connectivity index (χ0) is 18.5. The van der Waals surface area contributed by atoms with E-state index in [0.29, 0.717) is 26.2 Å². The molecule has 1 amide bonds. The molecular weight excluding hydrogens is 340 g/mol. The van der Waals surface area contributed by atoms with Crippen LogP contribution in [0.25, 0.3) is 0 Å². The monoisotopic (exact) mass is 361 g/mol. The summed E-state index contributed by atoms with van der Waals surface area (Å²) in [6, 6.07) is 11.4. The van der Waals surface area contributed by atoms with Gasteiger partial charge >= 0.3 is 0 Å². The summed E-state index contributed by atoms with van der Waals surface area (Å²) in [6.07, 6.45) is 0. The molecule has 2 aromatic carbocycles. The van der Waals surface area contributed by atoms with Gasteiger partial charge in [0.15, 0.2) is 0 Å². The van der Waals surface area contributed by atoms with Crippen molar-refractivity contribution < 1.29 is 18.3 Å². The number of hydrogen-bond acceptors (Lipinski definition) is 4. The van der Waals surface area contributed by atoms with Crippen LogP contribution in [0, 0.1) is 11.6 Å². The fourth-order valence-electron chi connectivity index (χ4n) is 2.95. The largest absolute Gasteiger partial charge is 0.497 e. The molecule has 3 rings (SSSR count). The minimum Gasteiger partial charge on any atom is -0.497 e. The number of anilines is 2. The summed E-state index contributed by atoms with van der Waals surface area (Å²) < 4.78 is 32.3. The van der Waals surface area contributed by atoms with E-state index in [4.69, 9.17) is 4.74 Å². The van der Waals surface area contributed by atoms with Crippen molar-refractivity contribution >= 4 is 17.3 Å². The molecule has 1 aliphatic rings. The number of piperazine rings is 1. The third-order valence-electron chi connectivity index (χ3n) is 4.45. The Morgan fingerprint density at radius 1 is 1.04 bits per heavy atom. The number of rotatable bonds is 5. The van der Waals surface area contributed by atoms with E-state index in [1.807, 2.05) is 24.3 Å². The van der Waals surface area contributed by atoms with Crippen molar-refractivity contribution in [2.24, 2.45) is 0 Å². The number of halogens is 2. The molecule has 1 heterocycles. The van der Waals surface area contributed by atoms with Gasteiger partial charge in [-0.2, -0.15) is 0 Å². The first-order chi connectivity index (χ1) is 12.6. The van der Waals surface area contributed by atoms with Gasteiger partial charge in [-0.1, -0.05) is 6.07 Å². The highest BCUT2D eigenvalue weighted by Crippen LogP contribution is 2.21. The van der Waals surface area contributed by atoms with Crippen LogP contribution in [0.4, 0.5) is 20.2 Å². The first-order valence-electron chi connectivity index (χ1n) is 8.43. The molecular formula is C19H21F2N3O2. The Morgan fingerprint density at radius 3 is 2.23 bits per heavy atom. The van der Waals surface area contributed by atoms with E-state index in [1.165, 1.54) is 6.07 Å². The Balaban J connectivity index is 1.51. The van der Waals surface area contributed by atoms with Crippen molar-refractivity contribution in [3.8, 4) is 5.75 Å². The van der Waals surface area contributed by atoms with Gasteiger partial charge in [0.1, 0.15) is 23.1 Å². The molecule has 7 heteroatoms. The van der Waals surface area contributed by atoms with Gasteiger partial charge in [0, 0.05) is 31.9 Å². The van der Waals surface area contributed by atoms with E-state index in [0.717, 1.165) is 23.6 Å². The molecule has 1 fully saturated rings. The molecule has 1 N–H and O–H groups in total. The molecule has 1 saturated heterocycles. The molecule has 0 radical (unpaired) electrons. The van der Waals surface area contributed by atoms with Gasteiger partial charge in [0.05, 0.1) is 13.7 Å². The lowest BCUT2D eigenvalue weighted by molar-refractivity contribution is -0.129. The minimum atomic E-state index is -0.706. The van der Waals surface area contributed by atoms with Crippen LogP contribution in [0.1, 0.15) is 0 Å². The number of para-hydroxylation sites is 1. The number of benzene rings is 2. The number of carbonyl (C=O) groups is 1. The van der Waals surface area contributed by atoms with Crippen LogP contribution in [-0.4, -0.2) is 50.6 Å². The molecule has 0 unspecified atom stereocenters. The number of carbonyl (C=O) groups excluding carboxylic acids is 1. The quantitative estimate of drug-likeness (QED) is 0.890. The summed E-state index contributed by atoms with van der Waals surface area (Å²) in [5.41, 5.74) is 0.808. The van der Waals surface area contributed by atoms with Crippen LogP contribution >= 0.6 is 0 Å². The van der Waals surface area contributed by atoms with E-state index >= 15 is 0 Å². The molecule has 2 aromatic rings. The highest BCUT2D eigenvalue weighted by Gasteiger charge is 2.21. The fourth-order valence-corrected chi connectivity index (χ4v) is 2.95. The Bertz CT molecular complexity index is 740. The van der Waals surface area contributed by atoms with Crippen molar-refractivity contribution in [1.82, 2.24) is 4.90 Å². The van der Waals surface area contributed by atoms with Crippen molar-refractivity contribution in [2.75, 3.05) is 50.1 Å². The van der Waals surface area contributed by atoms with Crippen LogP contribution < -0.4 is 15.0 Å². The summed E-state index contributed by atoms with van der Waals surface area (Å²) in [5.74, 6) is -0.791. The van der Waals surface area contributed by atoms with Gasteiger partial charge in [-0.05, 0) is 36.4 Å². The SMILES string of the molecule is COc1ccc(N2CCN(C(=O)CNc3c(F)cccc3F)CC2)cc1. The predicted molar refractivity (Wildman–Crippen MR) is 96.6 cm³/mol. The van der Waals surface area contributed by atoms with E-state index in [1.54, 1.807) is 12.0 Å². The van der Waals surface area contributed by atoms with E-state index in [-0.39, 0.29) is 18.1 Å². The average molecular weight is 361 g/mol. The maximum Gasteiger partial charge on any atom is 0.241 e. The second kappa shape index (κ2) is 8.03. The molecule has 138 valence electrons. The van der Waals surface area contributed by atoms with Crippen molar-refractivity contribution in [3.05, 3.63) is 54.1 Å².